The van der Waals surface area contributed by atoms with Gasteiger partial charge in [-0.25, -0.2) is 0 Å². The third kappa shape index (κ3) is 2.82. The zero-order valence-electron chi connectivity index (χ0n) is 10.1. The lowest BCUT2D eigenvalue weighted by atomic mass is 10.0. The van der Waals surface area contributed by atoms with Crippen LogP contribution in [0.4, 0.5) is 0 Å². The second kappa shape index (κ2) is 5.59. The van der Waals surface area contributed by atoms with Crippen molar-refractivity contribution >= 4 is 34.2 Å². The van der Waals surface area contributed by atoms with Crippen molar-refractivity contribution in [2.75, 3.05) is 13.2 Å². The van der Waals surface area contributed by atoms with Gasteiger partial charge in [-0.1, -0.05) is 18.2 Å². The molecule has 0 aromatic heterocycles. The standard InChI is InChI=1S/C15H12ClIO2/c16-15(10-2-1-3-12(17)8-10)11-4-5-13-14(9-11)19-7-6-18-13/h1-5,8-9,15H,6-7H2. The third-order valence-electron chi connectivity index (χ3n) is 3.00. The summed E-state index contributed by atoms with van der Waals surface area (Å²) in [7, 11) is 0. The van der Waals surface area contributed by atoms with Crippen LogP contribution in [-0.2, 0) is 0 Å². The summed E-state index contributed by atoms with van der Waals surface area (Å²) in [5.41, 5.74) is 2.11. The van der Waals surface area contributed by atoms with Crippen LogP contribution in [0.3, 0.4) is 0 Å². The lowest BCUT2D eigenvalue weighted by Gasteiger charge is -2.20. The zero-order chi connectivity index (χ0) is 13.2. The summed E-state index contributed by atoms with van der Waals surface area (Å²) in [6.07, 6.45) is 0. The first kappa shape index (κ1) is 13.1. The second-order valence-electron chi connectivity index (χ2n) is 4.32. The molecule has 19 heavy (non-hydrogen) atoms. The maximum Gasteiger partial charge on any atom is 0.161 e. The number of alkyl halides is 1. The SMILES string of the molecule is ClC(c1cccc(I)c1)c1ccc2c(c1)OCCO2. The Morgan fingerprint density at radius 1 is 0.947 bits per heavy atom. The Labute approximate surface area is 130 Å². The molecular formula is C15H12ClIO2. The van der Waals surface area contributed by atoms with Crippen LogP contribution in [0.5, 0.6) is 11.5 Å². The minimum atomic E-state index is -0.175. The quantitative estimate of drug-likeness (QED) is 0.563. The first-order chi connectivity index (χ1) is 9.24. The second-order valence-corrected chi connectivity index (χ2v) is 6.00. The molecule has 0 aliphatic carbocycles. The number of benzene rings is 2. The average molecular weight is 387 g/mol. The van der Waals surface area contributed by atoms with Gasteiger partial charge in [-0.15, -0.1) is 11.6 Å². The predicted octanol–water partition coefficient (Wildman–Crippen LogP) is 4.39. The van der Waals surface area contributed by atoms with E-state index in [1.165, 1.54) is 3.57 Å². The fourth-order valence-corrected chi connectivity index (χ4v) is 2.91. The van der Waals surface area contributed by atoms with Crippen molar-refractivity contribution in [3.63, 3.8) is 0 Å². The molecule has 0 saturated carbocycles. The van der Waals surface area contributed by atoms with Crippen LogP contribution in [0.15, 0.2) is 42.5 Å². The van der Waals surface area contributed by atoms with Crippen LogP contribution in [0.2, 0.25) is 0 Å². The maximum atomic E-state index is 6.55. The highest BCUT2D eigenvalue weighted by Gasteiger charge is 2.16. The van der Waals surface area contributed by atoms with Gasteiger partial charge in [0, 0.05) is 3.57 Å². The summed E-state index contributed by atoms with van der Waals surface area (Å²) in [6, 6.07) is 14.1. The molecule has 1 aliphatic heterocycles. The zero-order valence-corrected chi connectivity index (χ0v) is 13.0. The van der Waals surface area contributed by atoms with E-state index in [1.807, 2.05) is 30.3 Å². The number of ether oxygens (including phenoxy) is 2. The fourth-order valence-electron chi connectivity index (χ4n) is 2.07. The molecule has 2 aromatic carbocycles. The van der Waals surface area contributed by atoms with Gasteiger partial charge in [0.2, 0.25) is 0 Å². The molecule has 0 N–H and O–H groups in total. The van der Waals surface area contributed by atoms with Crippen LogP contribution in [0.25, 0.3) is 0 Å². The number of fused-ring (bicyclic) bond motifs is 1. The van der Waals surface area contributed by atoms with Crippen molar-refractivity contribution < 1.29 is 9.47 Å². The smallest absolute Gasteiger partial charge is 0.161 e. The van der Waals surface area contributed by atoms with E-state index in [0.717, 1.165) is 22.6 Å². The highest BCUT2D eigenvalue weighted by Crippen LogP contribution is 2.36. The highest BCUT2D eigenvalue weighted by atomic mass is 127. The molecular weight excluding hydrogens is 375 g/mol. The molecule has 1 heterocycles. The van der Waals surface area contributed by atoms with Crippen molar-refractivity contribution in [1.29, 1.82) is 0 Å². The molecule has 0 amide bonds. The van der Waals surface area contributed by atoms with E-state index in [1.54, 1.807) is 0 Å². The number of hydrogen-bond donors (Lipinski definition) is 0. The van der Waals surface area contributed by atoms with Gasteiger partial charge in [0.25, 0.3) is 0 Å². The maximum absolute atomic E-state index is 6.55. The molecule has 0 bridgehead atoms. The summed E-state index contributed by atoms with van der Waals surface area (Å²) in [6.45, 7) is 1.19. The summed E-state index contributed by atoms with van der Waals surface area (Å²) >= 11 is 8.84. The lowest BCUT2D eigenvalue weighted by molar-refractivity contribution is 0.171. The molecule has 0 spiro atoms. The Balaban J connectivity index is 1.93. The van der Waals surface area contributed by atoms with E-state index in [-0.39, 0.29) is 5.38 Å². The first-order valence-corrected chi connectivity index (χ1v) is 7.54. The van der Waals surface area contributed by atoms with E-state index < -0.39 is 0 Å². The molecule has 0 saturated heterocycles. The largest absolute Gasteiger partial charge is 0.486 e. The molecule has 1 aliphatic rings. The minimum absolute atomic E-state index is 0.175. The summed E-state index contributed by atoms with van der Waals surface area (Å²) in [5, 5.41) is -0.175. The van der Waals surface area contributed by atoms with Gasteiger partial charge in [-0.2, -0.15) is 0 Å². The molecule has 3 rings (SSSR count). The van der Waals surface area contributed by atoms with Crippen molar-refractivity contribution in [1.82, 2.24) is 0 Å². The van der Waals surface area contributed by atoms with Gasteiger partial charge in [0.15, 0.2) is 11.5 Å². The Bertz CT molecular complexity index is 600. The van der Waals surface area contributed by atoms with E-state index in [4.69, 9.17) is 21.1 Å². The molecule has 1 atom stereocenters. The number of hydrogen-bond acceptors (Lipinski definition) is 2. The van der Waals surface area contributed by atoms with E-state index in [2.05, 4.69) is 34.7 Å². The van der Waals surface area contributed by atoms with Crippen molar-refractivity contribution in [2.24, 2.45) is 0 Å². The van der Waals surface area contributed by atoms with Crippen LogP contribution in [-0.4, -0.2) is 13.2 Å². The number of rotatable bonds is 2. The van der Waals surface area contributed by atoms with E-state index >= 15 is 0 Å². The van der Waals surface area contributed by atoms with Gasteiger partial charge in [-0.3, -0.25) is 0 Å². The predicted molar refractivity (Wildman–Crippen MR) is 84.3 cm³/mol. The minimum Gasteiger partial charge on any atom is -0.486 e. The van der Waals surface area contributed by atoms with Crippen molar-refractivity contribution in [3.05, 3.63) is 57.2 Å². The first-order valence-electron chi connectivity index (χ1n) is 6.03. The monoisotopic (exact) mass is 386 g/mol. The molecule has 0 fully saturated rings. The Hall–Kier alpha value is -0.940. The molecule has 2 aromatic rings. The third-order valence-corrected chi connectivity index (χ3v) is 4.18. The van der Waals surface area contributed by atoms with Crippen molar-refractivity contribution in [3.8, 4) is 11.5 Å². The van der Waals surface area contributed by atoms with Crippen LogP contribution < -0.4 is 9.47 Å². The van der Waals surface area contributed by atoms with E-state index in [9.17, 15) is 0 Å². The van der Waals surface area contributed by atoms with Crippen LogP contribution in [0, 0.1) is 3.57 Å². The number of halogens is 2. The lowest BCUT2D eigenvalue weighted by Crippen LogP contribution is -2.15. The normalized spacial score (nSPS) is 15.1. The Kier molecular flexibility index (Phi) is 3.84. The molecule has 0 radical (unpaired) electrons. The summed E-state index contributed by atoms with van der Waals surface area (Å²) in [5.74, 6) is 1.57. The van der Waals surface area contributed by atoms with Crippen LogP contribution >= 0.6 is 34.2 Å². The van der Waals surface area contributed by atoms with E-state index in [0.29, 0.717) is 13.2 Å². The molecule has 2 nitrogen and oxygen atoms in total. The average Bonchev–Trinajstić information content (AvgIpc) is 2.46. The van der Waals surface area contributed by atoms with Gasteiger partial charge in [-0.05, 0) is 58.0 Å². The summed E-state index contributed by atoms with van der Waals surface area (Å²) < 4.78 is 12.3. The molecule has 98 valence electrons. The summed E-state index contributed by atoms with van der Waals surface area (Å²) in [4.78, 5) is 0. The highest BCUT2D eigenvalue weighted by molar-refractivity contribution is 14.1. The van der Waals surface area contributed by atoms with Gasteiger partial charge >= 0.3 is 0 Å². The molecule has 1 unspecified atom stereocenters. The van der Waals surface area contributed by atoms with Crippen LogP contribution in [0.1, 0.15) is 16.5 Å². The van der Waals surface area contributed by atoms with Gasteiger partial charge < -0.3 is 9.47 Å². The van der Waals surface area contributed by atoms with Gasteiger partial charge in [0.05, 0.1) is 5.38 Å². The molecule has 4 heteroatoms. The van der Waals surface area contributed by atoms with Crippen molar-refractivity contribution in [2.45, 2.75) is 5.38 Å². The Morgan fingerprint density at radius 2 is 1.68 bits per heavy atom. The topological polar surface area (TPSA) is 18.5 Å². The fraction of sp³-hybridized carbons (Fsp3) is 0.200. The Morgan fingerprint density at radius 3 is 2.47 bits per heavy atom. The van der Waals surface area contributed by atoms with Gasteiger partial charge in [0.1, 0.15) is 13.2 Å².